The number of nitrogens with zero attached hydrogens (tertiary/aromatic N) is 2. The lowest BCUT2D eigenvalue weighted by molar-refractivity contribution is -0.141. The van der Waals surface area contributed by atoms with E-state index >= 15 is 0 Å². The van der Waals surface area contributed by atoms with E-state index in [1.54, 1.807) is 4.90 Å². The summed E-state index contributed by atoms with van der Waals surface area (Å²) >= 11 is 0. The van der Waals surface area contributed by atoms with Gasteiger partial charge in [-0.1, -0.05) is 12.1 Å². The quantitative estimate of drug-likeness (QED) is 0.612. The molecule has 33 heavy (non-hydrogen) atoms. The predicted molar refractivity (Wildman–Crippen MR) is 130 cm³/mol. The molecule has 0 bridgehead atoms. The zero-order valence-corrected chi connectivity index (χ0v) is 20.8. The molecular formula is C26H41N3O4. The van der Waals surface area contributed by atoms with Gasteiger partial charge in [-0.2, -0.15) is 0 Å². The molecule has 1 amide bonds. The second-order valence-corrected chi connectivity index (χ2v) is 10.3. The molecule has 1 aliphatic heterocycles. The van der Waals surface area contributed by atoms with E-state index in [0.717, 1.165) is 26.1 Å². The van der Waals surface area contributed by atoms with Crippen molar-refractivity contribution in [2.24, 2.45) is 5.92 Å². The van der Waals surface area contributed by atoms with Gasteiger partial charge in [0.25, 0.3) is 0 Å². The topological polar surface area (TPSA) is 71.1 Å². The summed E-state index contributed by atoms with van der Waals surface area (Å²) < 4.78 is 10.2. The van der Waals surface area contributed by atoms with Crippen LogP contribution in [0.25, 0.3) is 0 Å². The molecule has 184 valence electrons. The van der Waals surface area contributed by atoms with E-state index in [-0.39, 0.29) is 12.1 Å². The van der Waals surface area contributed by atoms with Crippen molar-refractivity contribution in [3.05, 3.63) is 29.8 Å². The molecule has 2 aliphatic rings. The monoisotopic (exact) mass is 459 g/mol. The summed E-state index contributed by atoms with van der Waals surface area (Å²) in [5.74, 6) is 0.556. The van der Waals surface area contributed by atoms with Gasteiger partial charge in [-0.15, -0.1) is 0 Å². The van der Waals surface area contributed by atoms with E-state index in [1.165, 1.54) is 44.0 Å². The number of methoxy groups -OCH3 is 1. The molecule has 2 fully saturated rings. The predicted octanol–water partition coefficient (Wildman–Crippen LogP) is 4.35. The summed E-state index contributed by atoms with van der Waals surface area (Å²) in [6, 6.07) is 9.32. The molecule has 1 heterocycles. The third-order valence-electron chi connectivity index (χ3n) is 6.66. The van der Waals surface area contributed by atoms with Crippen LogP contribution in [0.5, 0.6) is 0 Å². The number of nitrogens with one attached hydrogen (secondary N) is 1. The maximum Gasteiger partial charge on any atom is 0.410 e. The number of anilines is 1. The fraction of sp³-hybridized carbons (Fsp3) is 0.692. The number of hydrogen-bond acceptors (Lipinski definition) is 6. The molecule has 1 aliphatic carbocycles. The fourth-order valence-corrected chi connectivity index (χ4v) is 4.64. The summed E-state index contributed by atoms with van der Waals surface area (Å²) in [5.41, 5.74) is 2.04. The highest BCUT2D eigenvalue weighted by Gasteiger charge is 2.26. The molecule has 0 aromatic heterocycles. The van der Waals surface area contributed by atoms with Crippen molar-refractivity contribution >= 4 is 17.7 Å². The van der Waals surface area contributed by atoms with Gasteiger partial charge in [0, 0.05) is 50.9 Å². The zero-order chi connectivity index (χ0) is 23.8. The molecule has 1 N–H and O–H groups in total. The maximum absolute atomic E-state index is 12.3. The molecule has 1 aromatic rings. The average Bonchev–Trinajstić information content (AvgIpc) is 2.81. The number of piperazine rings is 1. The van der Waals surface area contributed by atoms with Crippen molar-refractivity contribution in [1.29, 1.82) is 0 Å². The Morgan fingerprint density at radius 3 is 2.21 bits per heavy atom. The van der Waals surface area contributed by atoms with Crippen LogP contribution in [0.4, 0.5) is 10.5 Å². The third-order valence-corrected chi connectivity index (χ3v) is 6.66. The van der Waals surface area contributed by atoms with Crippen LogP contribution in [-0.2, 0) is 20.8 Å². The van der Waals surface area contributed by atoms with Gasteiger partial charge in [0.2, 0.25) is 0 Å². The molecule has 0 radical (unpaired) electrons. The first kappa shape index (κ1) is 25.3. The van der Waals surface area contributed by atoms with Crippen LogP contribution in [0.3, 0.4) is 0 Å². The van der Waals surface area contributed by atoms with E-state index in [1.807, 2.05) is 20.8 Å². The minimum absolute atomic E-state index is 0.0939. The number of amides is 1. The van der Waals surface area contributed by atoms with Gasteiger partial charge >= 0.3 is 12.1 Å². The third kappa shape index (κ3) is 8.22. The van der Waals surface area contributed by atoms with Crippen molar-refractivity contribution in [3.8, 4) is 0 Å². The van der Waals surface area contributed by atoms with Crippen LogP contribution in [0.1, 0.15) is 64.9 Å². The minimum atomic E-state index is -0.456. The van der Waals surface area contributed by atoms with E-state index in [2.05, 4.69) is 34.5 Å². The summed E-state index contributed by atoms with van der Waals surface area (Å²) in [6.07, 6.45) is 5.99. The number of carbonyl (C=O) groups excluding carboxylic acids is 2. The standard InChI is InChI=1S/C26H41N3O4/c1-26(2,3)33-25(31)29-17-15-28(16-18-29)23-12-7-21(8-13-23)19-27-22-10-5-20(6-11-22)9-14-24(30)32-4/h7-8,12-13,20,22,27H,5-6,9-11,14-19H2,1-4H3/t20-,22-. The lowest BCUT2D eigenvalue weighted by atomic mass is 9.83. The van der Waals surface area contributed by atoms with Gasteiger partial charge in [-0.05, 0) is 76.5 Å². The number of rotatable bonds is 7. The Labute approximate surface area is 198 Å². The summed E-state index contributed by atoms with van der Waals surface area (Å²) in [4.78, 5) is 27.7. The average molecular weight is 460 g/mol. The molecule has 1 saturated carbocycles. The first-order valence-corrected chi connectivity index (χ1v) is 12.4. The van der Waals surface area contributed by atoms with Crippen molar-refractivity contribution in [2.45, 2.75) is 77.5 Å². The highest BCUT2D eigenvalue weighted by Crippen LogP contribution is 2.28. The summed E-state index contributed by atoms with van der Waals surface area (Å²) in [6.45, 7) is 9.57. The van der Waals surface area contributed by atoms with Gasteiger partial charge in [0.15, 0.2) is 0 Å². The zero-order valence-electron chi connectivity index (χ0n) is 20.8. The van der Waals surface area contributed by atoms with E-state index in [4.69, 9.17) is 9.47 Å². The van der Waals surface area contributed by atoms with Crippen LogP contribution in [0.15, 0.2) is 24.3 Å². The van der Waals surface area contributed by atoms with Crippen LogP contribution in [0, 0.1) is 5.92 Å². The normalized spacial score (nSPS) is 21.6. The van der Waals surface area contributed by atoms with Gasteiger partial charge in [0.1, 0.15) is 5.60 Å². The van der Waals surface area contributed by atoms with Crippen LogP contribution < -0.4 is 10.2 Å². The number of hydrogen-bond donors (Lipinski definition) is 1. The van der Waals surface area contributed by atoms with Gasteiger partial charge in [0.05, 0.1) is 7.11 Å². The number of carbonyl (C=O) groups is 2. The lowest BCUT2D eigenvalue weighted by Crippen LogP contribution is -2.50. The van der Waals surface area contributed by atoms with E-state index < -0.39 is 5.60 Å². The highest BCUT2D eigenvalue weighted by molar-refractivity contribution is 5.69. The SMILES string of the molecule is COC(=O)CC[C@H]1CC[C@H](NCc2ccc(N3CCN(C(=O)OC(C)(C)C)CC3)cc2)CC1. The van der Waals surface area contributed by atoms with E-state index in [0.29, 0.717) is 31.5 Å². The first-order chi connectivity index (χ1) is 15.7. The van der Waals surface area contributed by atoms with Crippen LogP contribution in [0.2, 0.25) is 0 Å². The summed E-state index contributed by atoms with van der Waals surface area (Å²) in [7, 11) is 1.46. The largest absolute Gasteiger partial charge is 0.469 e. The van der Waals surface area contributed by atoms with E-state index in [9.17, 15) is 9.59 Å². The molecule has 7 heteroatoms. The molecule has 0 atom stereocenters. The lowest BCUT2D eigenvalue weighted by Gasteiger charge is -2.36. The Morgan fingerprint density at radius 2 is 1.64 bits per heavy atom. The molecule has 7 nitrogen and oxygen atoms in total. The van der Waals surface area contributed by atoms with Crippen molar-refractivity contribution in [1.82, 2.24) is 10.2 Å². The smallest absolute Gasteiger partial charge is 0.410 e. The van der Waals surface area contributed by atoms with Crippen molar-refractivity contribution in [3.63, 3.8) is 0 Å². The number of ether oxygens (including phenoxy) is 2. The molecular weight excluding hydrogens is 418 g/mol. The first-order valence-electron chi connectivity index (χ1n) is 12.4. The molecule has 1 aromatic carbocycles. The molecule has 0 unspecified atom stereocenters. The summed E-state index contributed by atoms with van der Waals surface area (Å²) in [5, 5.41) is 3.71. The van der Waals surface area contributed by atoms with Gasteiger partial charge in [-0.25, -0.2) is 4.79 Å². The Bertz CT molecular complexity index is 759. The maximum atomic E-state index is 12.3. The van der Waals surface area contributed by atoms with Gasteiger partial charge in [-0.3, -0.25) is 4.79 Å². The highest BCUT2D eigenvalue weighted by atomic mass is 16.6. The van der Waals surface area contributed by atoms with Gasteiger partial charge < -0.3 is 24.6 Å². The molecule has 3 rings (SSSR count). The molecule has 1 saturated heterocycles. The fourth-order valence-electron chi connectivity index (χ4n) is 4.64. The molecule has 0 spiro atoms. The second kappa shape index (κ2) is 11.7. The second-order valence-electron chi connectivity index (χ2n) is 10.3. The minimum Gasteiger partial charge on any atom is -0.469 e. The Morgan fingerprint density at radius 1 is 1.00 bits per heavy atom. The number of esters is 1. The van der Waals surface area contributed by atoms with Crippen LogP contribution >= 0.6 is 0 Å². The Kier molecular flexibility index (Phi) is 9.01. The Balaban J connectivity index is 1.36. The van der Waals surface area contributed by atoms with Crippen molar-refractivity contribution < 1.29 is 19.1 Å². The Hall–Kier alpha value is -2.28. The van der Waals surface area contributed by atoms with Crippen LogP contribution in [-0.4, -0.2) is 61.9 Å². The van der Waals surface area contributed by atoms with Crippen molar-refractivity contribution in [2.75, 3.05) is 38.2 Å². The number of benzene rings is 1.